The molecule has 0 aliphatic heterocycles. The van der Waals surface area contributed by atoms with Gasteiger partial charge in [0.05, 0.1) is 5.69 Å². The third-order valence-electron chi connectivity index (χ3n) is 3.12. The predicted molar refractivity (Wildman–Crippen MR) is 63.8 cm³/mol. The summed E-state index contributed by atoms with van der Waals surface area (Å²) in [4.78, 5) is 0. The first-order valence-electron chi connectivity index (χ1n) is 5.88. The highest BCUT2D eigenvalue weighted by molar-refractivity contribution is 5.34. The van der Waals surface area contributed by atoms with Gasteiger partial charge in [0.2, 0.25) is 0 Å². The molecule has 1 aromatic carbocycles. The van der Waals surface area contributed by atoms with Gasteiger partial charge in [-0.3, -0.25) is 0 Å². The maximum atomic E-state index is 5.54. The van der Waals surface area contributed by atoms with Crippen LogP contribution in [0, 0.1) is 0 Å². The molecule has 16 heavy (non-hydrogen) atoms. The highest BCUT2D eigenvalue weighted by Crippen LogP contribution is 2.33. The van der Waals surface area contributed by atoms with Crippen molar-refractivity contribution in [1.29, 1.82) is 0 Å². The Labute approximate surface area is 96.5 Å². The zero-order valence-corrected chi connectivity index (χ0v) is 9.72. The van der Waals surface area contributed by atoms with E-state index in [0.29, 0.717) is 0 Å². The number of hydrogen-bond donors (Lipinski definition) is 0. The SMILES string of the molecule is COC1(N=Nc2ccccc2)CCCCC1. The summed E-state index contributed by atoms with van der Waals surface area (Å²) in [5.74, 6) is 0. The van der Waals surface area contributed by atoms with E-state index in [0.717, 1.165) is 18.5 Å². The van der Waals surface area contributed by atoms with Gasteiger partial charge in [0.1, 0.15) is 0 Å². The first-order valence-corrected chi connectivity index (χ1v) is 5.88. The molecular weight excluding hydrogens is 200 g/mol. The molecule has 0 spiro atoms. The van der Waals surface area contributed by atoms with Crippen molar-refractivity contribution < 1.29 is 4.74 Å². The lowest BCUT2D eigenvalue weighted by Crippen LogP contribution is -2.30. The molecule has 3 nitrogen and oxygen atoms in total. The Morgan fingerprint density at radius 2 is 1.75 bits per heavy atom. The number of rotatable bonds is 3. The van der Waals surface area contributed by atoms with Crippen molar-refractivity contribution in [2.75, 3.05) is 7.11 Å². The summed E-state index contributed by atoms with van der Waals surface area (Å²) in [5.41, 5.74) is 0.526. The second-order valence-electron chi connectivity index (χ2n) is 4.25. The van der Waals surface area contributed by atoms with Crippen LogP contribution >= 0.6 is 0 Å². The minimum atomic E-state index is -0.367. The second kappa shape index (κ2) is 5.21. The number of benzene rings is 1. The van der Waals surface area contributed by atoms with E-state index >= 15 is 0 Å². The zero-order valence-electron chi connectivity index (χ0n) is 9.72. The molecule has 3 heteroatoms. The minimum Gasteiger partial charge on any atom is -0.355 e. The number of hydrogen-bond acceptors (Lipinski definition) is 3. The lowest BCUT2D eigenvalue weighted by molar-refractivity contribution is -0.0369. The molecule has 1 aromatic rings. The van der Waals surface area contributed by atoms with Crippen LogP contribution in [-0.4, -0.2) is 12.8 Å². The topological polar surface area (TPSA) is 34.0 Å². The summed E-state index contributed by atoms with van der Waals surface area (Å²) in [6, 6.07) is 9.82. The van der Waals surface area contributed by atoms with Crippen LogP contribution < -0.4 is 0 Å². The zero-order chi connectivity index (χ0) is 11.3. The van der Waals surface area contributed by atoms with E-state index in [1.165, 1.54) is 19.3 Å². The van der Waals surface area contributed by atoms with Gasteiger partial charge in [0, 0.05) is 7.11 Å². The normalized spacial score (nSPS) is 20.1. The van der Waals surface area contributed by atoms with Gasteiger partial charge in [-0.05, 0) is 37.8 Å². The van der Waals surface area contributed by atoms with Gasteiger partial charge < -0.3 is 4.74 Å². The summed E-state index contributed by atoms with van der Waals surface area (Å²) in [6.07, 6.45) is 5.62. The maximum Gasteiger partial charge on any atom is 0.178 e. The van der Waals surface area contributed by atoms with Crippen molar-refractivity contribution in [2.45, 2.75) is 37.8 Å². The summed E-state index contributed by atoms with van der Waals surface area (Å²) < 4.78 is 5.54. The van der Waals surface area contributed by atoms with Gasteiger partial charge in [0.15, 0.2) is 5.72 Å². The molecule has 0 atom stereocenters. The molecule has 86 valence electrons. The standard InChI is InChI=1S/C13H18N2O/c1-16-13(10-6-3-7-11-13)15-14-12-8-4-2-5-9-12/h2,4-5,8-9H,3,6-7,10-11H2,1H3. The quantitative estimate of drug-likeness (QED) is 0.704. The highest BCUT2D eigenvalue weighted by atomic mass is 16.5. The van der Waals surface area contributed by atoms with Crippen molar-refractivity contribution in [3.05, 3.63) is 30.3 Å². The van der Waals surface area contributed by atoms with Crippen LogP contribution in [0.1, 0.15) is 32.1 Å². The van der Waals surface area contributed by atoms with E-state index in [1.54, 1.807) is 7.11 Å². The van der Waals surface area contributed by atoms with Crippen molar-refractivity contribution in [3.8, 4) is 0 Å². The molecule has 0 aromatic heterocycles. The maximum absolute atomic E-state index is 5.54. The molecule has 0 bridgehead atoms. The summed E-state index contributed by atoms with van der Waals surface area (Å²) >= 11 is 0. The smallest absolute Gasteiger partial charge is 0.178 e. The minimum absolute atomic E-state index is 0.367. The lowest BCUT2D eigenvalue weighted by Gasteiger charge is -2.30. The summed E-state index contributed by atoms with van der Waals surface area (Å²) in [7, 11) is 1.73. The van der Waals surface area contributed by atoms with Crippen molar-refractivity contribution in [2.24, 2.45) is 10.2 Å². The Balaban J connectivity index is 2.09. The summed E-state index contributed by atoms with van der Waals surface area (Å²) in [6.45, 7) is 0. The molecule has 1 saturated carbocycles. The van der Waals surface area contributed by atoms with Crippen molar-refractivity contribution in [3.63, 3.8) is 0 Å². The van der Waals surface area contributed by atoms with Gasteiger partial charge in [0.25, 0.3) is 0 Å². The van der Waals surface area contributed by atoms with E-state index in [4.69, 9.17) is 4.74 Å². The molecule has 1 aliphatic carbocycles. The second-order valence-corrected chi connectivity index (χ2v) is 4.25. The molecule has 0 N–H and O–H groups in total. The van der Waals surface area contributed by atoms with Crippen molar-refractivity contribution in [1.82, 2.24) is 0 Å². The fourth-order valence-corrected chi connectivity index (χ4v) is 2.09. The van der Waals surface area contributed by atoms with Gasteiger partial charge in [-0.25, -0.2) is 0 Å². The third kappa shape index (κ3) is 2.67. The van der Waals surface area contributed by atoms with Crippen LogP contribution in [0.5, 0.6) is 0 Å². The first kappa shape index (κ1) is 11.3. The molecule has 1 fully saturated rings. The highest BCUT2D eigenvalue weighted by Gasteiger charge is 2.31. The van der Waals surface area contributed by atoms with Gasteiger partial charge in [-0.2, -0.15) is 10.2 Å². The number of azo groups is 1. The lowest BCUT2D eigenvalue weighted by atomic mass is 9.92. The Kier molecular flexibility index (Phi) is 3.67. The molecule has 0 saturated heterocycles. The van der Waals surface area contributed by atoms with E-state index in [2.05, 4.69) is 10.2 Å². The van der Waals surface area contributed by atoms with E-state index in [-0.39, 0.29) is 5.72 Å². The molecule has 0 unspecified atom stereocenters. The fraction of sp³-hybridized carbons (Fsp3) is 0.538. The number of nitrogens with zero attached hydrogens (tertiary/aromatic N) is 2. The number of ether oxygens (including phenoxy) is 1. The van der Waals surface area contributed by atoms with Crippen LogP contribution in [0.25, 0.3) is 0 Å². The number of methoxy groups -OCH3 is 1. The van der Waals surface area contributed by atoms with E-state index in [9.17, 15) is 0 Å². The average molecular weight is 218 g/mol. The molecule has 2 rings (SSSR count). The molecule has 1 aliphatic rings. The molecular formula is C13H18N2O. The van der Waals surface area contributed by atoms with Crippen LogP contribution in [-0.2, 0) is 4.74 Å². The fourth-order valence-electron chi connectivity index (χ4n) is 2.09. The van der Waals surface area contributed by atoms with E-state index < -0.39 is 0 Å². The van der Waals surface area contributed by atoms with Crippen LogP contribution in [0.4, 0.5) is 5.69 Å². The first-order chi connectivity index (χ1) is 7.85. The van der Waals surface area contributed by atoms with Crippen LogP contribution in [0.15, 0.2) is 40.6 Å². The van der Waals surface area contributed by atoms with Crippen LogP contribution in [0.3, 0.4) is 0 Å². The van der Waals surface area contributed by atoms with E-state index in [1.807, 2.05) is 30.3 Å². The van der Waals surface area contributed by atoms with Gasteiger partial charge >= 0.3 is 0 Å². The Hall–Kier alpha value is -1.22. The molecule has 0 heterocycles. The Morgan fingerprint density at radius 1 is 1.06 bits per heavy atom. The third-order valence-corrected chi connectivity index (χ3v) is 3.12. The van der Waals surface area contributed by atoms with Gasteiger partial charge in [-0.15, -0.1) is 0 Å². The van der Waals surface area contributed by atoms with Gasteiger partial charge in [-0.1, -0.05) is 24.6 Å². The monoisotopic (exact) mass is 218 g/mol. The Morgan fingerprint density at radius 3 is 2.38 bits per heavy atom. The van der Waals surface area contributed by atoms with Crippen molar-refractivity contribution >= 4 is 5.69 Å². The molecule has 0 radical (unpaired) electrons. The Bertz CT molecular complexity index is 342. The van der Waals surface area contributed by atoms with Crippen LogP contribution in [0.2, 0.25) is 0 Å². The average Bonchev–Trinajstić information content (AvgIpc) is 2.39. The largest absolute Gasteiger partial charge is 0.355 e. The predicted octanol–water partition coefficient (Wildman–Crippen LogP) is 4.08. The summed E-state index contributed by atoms with van der Waals surface area (Å²) in [5, 5.41) is 8.68. The molecule has 0 amide bonds.